The Balaban J connectivity index is 2.31. The second-order valence-corrected chi connectivity index (χ2v) is 6.38. The average molecular weight is 373 g/mol. The molecule has 2 N–H and O–H groups in total. The molecule has 2 aromatic rings. The Morgan fingerprint density at radius 2 is 1.81 bits per heavy atom. The van der Waals surface area contributed by atoms with Crippen LogP contribution in [-0.2, 0) is 14.9 Å². The Hall–Kier alpha value is -3.71. The van der Waals surface area contributed by atoms with E-state index in [4.69, 9.17) is 15.2 Å². The lowest BCUT2D eigenvalue weighted by Crippen LogP contribution is -2.12. The minimum Gasteiger partial charge on any atom is -0.379 e. The topological polar surface area (TPSA) is 153 Å². The molecule has 0 saturated heterocycles. The number of nitro benzene ring substituents is 1. The molecule has 0 aliphatic carbocycles. The third-order valence-corrected chi connectivity index (χ3v) is 4.41. The molecule has 132 valence electrons. The van der Waals surface area contributed by atoms with Crippen LogP contribution in [-0.4, -0.2) is 19.2 Å². The molecule has 0 aromatic heterocycles. The van der Waals surface area contributed by atoms with E-state index in [1.54, 1.807) is 6.07 Å². The molecular weight excluding hydrogens is 362 g/mol. The van der Waals surface area contributed by atoms with Crippen LogP contribution in [0.3, 0.4) is 0 Å². The third kappa shape index (κ3) is 4.22. The van der Waals surface area contributed by atoms with Crippen molar-refractivity contribution in [2.45, 2.75) is 4.90 Å². The monoisotopic (exact) mass is 373 g/mol. The number of hydrogen-bond donors (Lipinski definition) is 1. The summed E-state index contributed by atoms with van der Waals surface area (Å²) in [5.74, 6) is -0.996. The van der Waals surface area contributed by atoms with Crippen LogP contribution < -0.4 is 9.92 Å². The Kier molecular flexibility index (Phi) is 5.34. The van der Waals surface area contributed by atoms with Crippen LogP contribution in [0.25, 0.3) is 6.08 Å². The van der Waals surface area contributed by atoms with Crippen molar-refractivity contribution in [1.82, 2.24) is 0 Å². The van der Waals surface area contributed by atoms with E-state index < -0.39 is 31.5 Å². The summed E-state index contributed by atoms with van der Waals surface area (Å²) in [7, 11) is -4.43. The first kappa shape index (κ1) is 18.6. The van der Waals surface area contributed by atoms with E-state index in [1.165, 1.54) is 42.5 Å². The fraction of sp³-hybridized carbons (Fsp3) is 0. The molecule has 0 unspecified atom stereocenters. The van der Waals surface area contributed by atoms with Crippen molar-refractivity contribution < 1.29 is 22.3 Å². The van der Waals surface area contributed by atoms with Gasteiger partial charge in [-0.3, -0.25) is 14.9 Å². The molecule has 2 aromatic carbocycles. The van der Waals surface area contributed by atoms with Gasteiger partial charge in [0.25, 0.3) is 11.6 Å². The molecule has 10 heteroatoms. The minimum atomic E-state index is -4.43. The second kappa shape index (κ2) is 7.45. The van der Waals surface area contributed by atoms with Crippen LogP contribution in [0.2, 0.25) is 0 Å². The fourth-order valence-electron chi connectivity index (χ4n) is 1.94. The smallest absolute Gasteiger partial charge is 0.346 e. The molecular formula is C16H11N3O6S. The number of nitrogens with two attached hydrogens (primary N) is 1. The molecule has 9 nitrogen and oxygen atoms in total. The largest absolute Gasteiger partial charge is 0.379 e. The molecule has 26 heavy (non-hydrogen) atoms. The summed E-state index contributed by atoms with van der Waals surface area (Å²) in [4.78, 5) is 20.6. The highest BCUT2D eigenvalue weighted by Gasteiger charge is 2.27. The summed E-state index contributed by atoms with van der Waals surface area (Å²) >= 11 is 0. The molecule has 0 bridgehead atoms. The van der Waals surface area contributed by atoms with Crippen molar-refractivity contribution >= 4 is 27.8 Å². The van der Waals surface area contributed by atoms with Crippen LogP contribution in [0, 0.1) is 21.4 Å². The number of hydrogen-bond acceptors (Lipinski definition) is 7. The van der Waals surface area contributed by atoms with Gasteiger partial charge >= 0.3 is 10.1 Å². The number of nitriles is 1. The van der Waals surface area contributed by atoms with Crippen LogP contribution in [0.4, 0.5) is 5.69 Å². The number of nitro groups is 1. The van der Waals surface area contributed by atoms with Gasteiger partial charge in [-0.1, -0.05) is 24.3 Å². The van der Waals surface area contributed by atoms with Crippen LogP contribution >= 0.6 is 0 Å². The maximum absolute atomic E-state index is 12.3. The van der Waals surface area contributed by atoms with E-state index in [-0.39, 0.29) is 11.3 Å². The number of amides is 1. The Labute approximate surface area is 148 Å². The maximum atomic E-state index is 12.3. The SMILES string of the molecule is N#C/C(=C\c1ccc(OS(=O)(=O)c2ccccc2[N+](=O)[O-])cc1)C(N)=O. The number of primary amides is 1. The van der Waals surface area contributed by atoms with Crippen molar-refractivity contribution in [3.63, 3.8) is 0 Å². The molecule has 0 saturated carbocycles. The Bertz CT molecular complexity index is 1040. The molecule has 0 atom stereocenters. The van der Waals surface area contributed by atoms with Gasteiger partial charge in [0, 0.05) is 6.07 Å². The van der Waals surface area contributed by atoms with Crippen molar-refractivity contribution in [3.8, 4) is 11.8 Å². The number of benzene rings is 2. The molecule has 0 fully saturated rings. The summed E-state index contributed by atoms with van der Waals surface area (Å²) in [6.07, 6.45) is 1.22. The lowest BCUT2D eigenvalue weighted by Gasteiger charge is -2.07. The fourth-order valence-corrected chi connectivity index (χ4v) is 3.03. The molecule has 0 aliphatic rings. The summed E-state index contributed by atoms with van der Waals surface area (Å²) in [6.45, 7) is 0. The highest BCUT2D eigenvalue weighted by molar-refractivity contribution is 7.87. The zero-order chi connectivity index (χ0) is 19.3. The van der Waals surface area contributed by atoms with E-state index in [2.05, 4.69) is 0 Å². The number of carbonyl (C=O) groups excluding carboxylic acids is 1. The van der Waals surface area contributed by atoms with Gasteiger partial charge in [-0.15, -0.1) is 0 Å². The molecule has 0 aliphatic heterocycles. The maximum Gasteiger partial charge on any atom is 0.346 e. The highest BCUT2D eigenvalue weighted by atomic mass is 32.2. The molecule has 0 spiro atoms. The highest BCUT2D eigenvalue weighted by Crippen LogP contribution is 2.26. The zero-order valence-electron chi connectivity index (χ0n) is 13.0. The second-order valence-electron chi connectivity index (χ2n) is 4.87. The first-order valence-electron chi connectivity index (χ1n) is 6.94. The molecule has 1 amide bonds. The molecule has 0 heterocycles. The number of nitrogens with zero attached hydrogens (tertiary/aromatic N) is 2. The van der Waals surface area contributed by atoms with E-state index in [0.717, 1.165) is 12.1 Å². The van der Waals surface area contributed by atoms with Gasteiger partial charge in [-0.05, 0) is 29.8 Å². The van der Waals surface area contributed by atoms with Crippen LogP contribution in [0.15, 0.2) is 59.0 Å². The van der Waals surface area contributed by atoms with Gasteiger partial charge in [0.1, 0.15) is 17.4 Å². The summed E-state index contributed by atoms with van der Waals surface area (Å²) in [5.41, 5.74) is 4.56. The molecule has 0 radical (unpaired) electrons. The summed E-state index contributed by atoms with van der Waals surface area (Å²) in [5, 5.41) is 19.8. The first-order valence-corrected chi connectivity index (χ1v) is 8.35. The quantitative estimate of drug-likeness (QED) is 0.266. The van der Waals surface area contributed by atoms with Crippen molar-refractivity contribution in [3.05, 3.63) is 69.8 Å². The van der Waals surface area contributed by atoms with E-state index in [9.17, 15) is 23.3 Å². The Morgan fingerprint density at radius 3 is 2.35 bits per heavy atom. The van der Waals surface area contributed by atoms with Gasteiger partial charge in [-0.25, -0.2) is 0 Å². The lowest BCUT2D eigenvalue weighted by atomic mass is 10.1. The van der Waals surface area contributed by atoms with E-state index >= 15 is 0 Å². The van der Waals surface area contributed by atoms with Crippen molar-refractivity contribution in [2.75, 3.05) is 0 Å². The number of rotatable bonds is 6. The predicted molar refractivity (Wildman–Crippen MR) is 90.1 cm³/mol. The van der Waals surface area contributed by atoms with Gasteiger partial charge < -0.3 is 9.92 Å². The third-order valence-electron chi connectivity index (χ3n) is 3.11. The number of carbonyl (C=O) groups is 1. The van der Waals surface area contributed by atoms with E-state index in [1.807, 2.05) is 0 Å². The van der Waals surface area contributed by atoms with Crippen LogP contribution in [0.5, 0.6) is 5.75 Å². The minimum absolute atomic E-state index is 0.0992. The molecule has 2 rings (SSSR count). The lowest BCUT2D eigenvalue weighted by molar-refractivity contribution is -0.387. The van der Waals surface area contributed by atoms with E-state index in [0.29, 0.717) is 5.56 Å². The van der Waals surface area contributed by atoms with Gasteiger partial charge in [0.15, 0.2) is 4.90 Å². The first-order chi connectivity index (χ1) is 12.2. The Morgan fingerprint density at radius 1 is 1.19 bits per heavy atom. The normalized spacial score (nSPS) is 11.4. The summed E-state index contributed by atoms with van der Waals surface area (Å²) in [6, 6.07) is 11.8. The number of para-hydroxylation sites is 1. The zero-order valence-corrected chi connectivity index (χ0v) is 13.8. The summed E-state index contributed by atoms with van der Waals surface area (Å²) < 4.78 is 29.5. The van der Waals surface area contributed by atoms with Crippen LogP contribution in [0.1, 0.15) is 5.56 Å². The van der Waals surface area contributed by atoms with Gasteiger partial charge in [-0.2, -0.15) is 13.7 Å². The van der Waals surface area contributed by atoms with Gasteiger partial charge in [0.05, 0.1) is 4.92 Å². The standard InChI is InChI=1S/C16H11N3O6S/c17-10-12(16(18)20)9-11-5-7-13(8-6-11)25-26(23,24)15-4-2-1-3-14(15)19(21)22/h1-9H,(H2,18,20)/b12-9+. The van der Waals surface area contributed by atoms with Gasteiger partial charge in [0.2, 0.25) is 0 Å². The van der Waals surface area contributed by atoms with Crippen molar-refractivity contribution in [2.24, 2.45) is 5.73 Å². The van der Waals surface area contributed by atoms with Crippen molar-refractivity contribution in [1.29, 1.82) is 5.26 Å². The predicted octanol–water partition coefficient (Wildman–Crippen LogP) is 1.75. The average Bonchev–Trinajstić information content (AvgIpc) is 2.60.